The van der Waals surface area contributed by atoms with Crippen LogP contribution >= 0.6 is 0 Å². The van der Waals surface area contributed by atoms with Crippen molar-refractivity contribution < 1.29 is 9.31 Å². The highest BCUT2D eigenvalue weighted by molar-refractivity contribution is 6.43. The molecule has 0 radical (unpaired) electrons. The van der Waals surface area contributed by atoms with Crippen LogP contribution in [0.1, 0.15) is 0 Å². The molecule has 0 amide bonds. The molecule has 0 bridgehead atoms. The van der Waals surface area contributed by atoms with E-state index in [2.05, 4.69) is 4.98 Å². The van der Waals surface area contributed by atoms with Crippen molar-refractivity contribution in [1.29, 1.82) is 0 Å². The van der Waals surface area contributed by atoms with Crippen LogP contribution in [0.4, 0.5) is 0 Å². The molecule has 0 saturated carbocycles. The Morgan fingerprint density at radius 3 is 2.41 bits per heavy atom. The molecule has 6 heteroatoms. The standard InChI is InChI=1S/C16H13BN2O3/c20-16-13-8-4-5-9-14(13)18-15(12-6-2-1-3-7-12)19(16)17-21-10-11-22-17/h1-9H,10-11H2. The highest BCUT2D eigenvalue weighted by atomic mass is 16.6. The maximum Gasteiger partial charge on any atom is 0.601 e. The Labute approximate surface area is 127 Å². The largest absolute Gasteiger partial charge is 0.601 e. The van der Waals surface area contributed by atoms with Crippen molar-refractivity contribution in [2.45, 2.75) is 0 Å². The summed E-state index contributed by atoms with van der Waals surface area (Å²) in [6.07, 6.45) is 0. The fourth-order valence-corrected chi connectivity index (χ4v) is 2.63. The van der Waals surface area contributed by atoms with Crippen molar-refractivity contribution in [3.8, 4) is 11.4 Å². The van der Waals surface area contributed by atoms with E-state index in [1.807, 2.05) is 48.5 Å². The molecule has 4 rings (SSSR count). The SMILES string of the molecule is O=c1c2ccccc2nc(-c2ccccc2)n1B1OCCO1. The van der Waals surface area contributed by atoms with Crippen LogP contribution in [0.25, 0.3) is 22.3 Å². The van der Waals surface area contributed by atoms with Gasteiger partial charge in [-0.1, -0.05) is 42.5 Å². The van der Waals surface area contributed by atoms with Gasteiger partial charge in [0.15, 0.2) is 0 Å². The molecule has 0 spiro atoms. The van der Waals surface area contributed by atoms with Crippen LogP contribution in [0.15, 0.2) is 59.4 Å². The van der Waals surface area contributed by atoms with Crippen LogP contribution in [0, 0.1) is 0 Å². The van der Waals surface area contributed by atoms with Crippen molar-refractivity contribution in [2.24, 2.45) is 0 Å². The second kappa shape index (κ2) is 5.40. The molecule has 2 heterocycles. The number of rotatable bonds is 2. The van der Waals surface area contributed by atoms with Crippen molar-refractivity contribution >= 4 is 18.2 Å². The Hall–Kier alpha value is -2.44. The lowest BCUT2D eigenvalue weighted by Crippen LogP contribution is -2.38. The van der Waals surface area contributed by atoms with Gasteiger partial charge in [-0.15, -0.1) is 0 Å². The fourth-order valence-electron chi connectivity index (χ4n) is 2.63. The molecule has 1 saturated heterocycles. The maximum atomic E-state index is 12.9. The molecule has 0 atom stereocenters. The number of nitrogens with zero attached hydrogens (tertiary/aromatic N) is 2. The molecule has 1 aliphatic rings. The Bertz CT molecular complexity index is 873. The van der Waals surface area contributed by atoms with Gasteiger partial charge in [-0.2, -0.15) is 0 Å². The molecular formula is C16H13BN2O3. The predicted octanol–water partition coefficient (Wildman–Crippen LogP) is 1.94. The molecule has 0 unspecified atom stereocenters. The molecule has 0 N–H and O–H groups in total. The second-order valence-corrected chi connectivity index (χ2v) is 5.04. The minimum absolute atomic E-state index is 0.156. The average molecular weight is 292 g/mol. The Kier molecular flexibility index (Phi) is 3.25. The highest BCUT2D eigenvalue weighted by Gasteiger charge is 2.32. The quantitative estimate of drug-likeness (QED) is 0.677. The smallest absolute Gasteiger partial charge is 0.389 e. The van der Waals surface area contributed by atoms with Gasteiger partial charge in [0.05, 0.1) is 24.1 Å². The lowest BCUT2D eigenvalue weighted by molar-refractivity contribution is 0.360. The lowest BCUT2D eigenvalue weighted by atomic mass is 10.0. The van der Waals surface area contributed by atoms with Gasteiger partial charge in [0.25, 0.3) is 5.56 Å². The Morgan fingerprint density at radius 1 is 0.955 bits per heavy atom. The van der Waals surface area contributed by atoms with E-state index in [1.165, 1.54) is 4.48 Å². The van der Waals surface area contributed by atoms with Crippen molar-refractivity contribution in [3.05, 3.63) is 65.0 Å². The summed E-state index contributed by atoms with van der Waals surface area (Å²) in [7, 11) is -0.722. The first-order chi connectivity index (χ1) is 10.8. The van der Waals surface area contributed by atoms with Crippen LogP contribution in [0.2, 0.25) is 0 Å². The number of aromatic nitrogens is 2. The zero-order valence-corrected chi connectivity index (χ0v) is 11.8. The van der Waals surface area contributed by atoms with Crippen molar-refractivity contribution in [1.82, 2.24) is 9.46 Å². The van der Waals surface area contributed by atoms with Gasteiger partial charge in [0, 0.05) is 5.56 Å². The van der Waals surface area contributed by atoms with Gasteiger partial charge in [0.2, 0.25) is 0 Å². The summed E-state index contributed by atoms with van der Waals surface area (Å²) in [6, 6.07) is 16.9. The molecule has 2 aromatic carbocycles. The molecule has 108 valence electrons. The summed E-state index contributed by atoms with van der Waals surface area (Å²) in [5.74, 6) is 0.552. The monoisotopic (exact) mass is 292 g/mol. The molecule has 22 heavy (non-hydrogen) atoms. The number of benzene rings is 2. The van der Waals surface area contributed by atoms with Crippen LogP contribution in [0.3, 0.4) is 0 Å². The van der Waals surface area contributed by atoms with E-state index in [4.69, 9.17) is 9.31 Å². The third-order valence-corrected chi connectivity index (χ3v) is 3.65. The minimum atomic E-state index is -0.722. The lowest BCUT2D eigenvalue weighted by Gasteiger charge is -2.14. The summed E-state index contributed by atoms with van der Waals surface area (Å²) in [5, 5.41) is 0.557. The summed E-state index contributed by atoms with van der Waals surface area (Å²) < 4.78 is 12.6. The van der Waals surface area contributed by atoms with Crippen molar-refractivity contribution in [2.75, 3.05) is 13.2 Å². The molecule has 1 aromatic heterocycles. The van der Waals surface area contributed by atoms with E-state index >= 15 is 0 Å². The van der Waals surface area contributed by atoms with Crippen LogP contribution < -0.4 is 5.56 Å². The van der Waals surface area contributed by atoms with Crippen molar-refractivity contribution in [3.63, 3.8) is 0 Å². The molecular weight excluding hydrogens is 279 g/mol. The number of fused-ring (bicyclic) bond motifs is 1. The van der Waals surface area contributed by atoms with Gasteiger partial charge in [-0.3, -0.25) is 9.27 Å². The van der Waals surface area contributed by atoms with Gasteiger partial charge in [0.1, 0.15) is 5.82 Å². The zero-order chi connectivity index (χ0) is 14.9. The first-order valence-corrected chi connectivity index (χ1v) is 7.14. The fraction of sp³-hybridized carbons (Fsp3) is 0.125. The van der Waals surface area contributed by atoms with E-state index in [0.29, 0.717) is 29.9 Å². The minimum Gasteiger partial charge on any atom is -0.389 e. The third kappa shape index (κ3) is 2.13. The first kappa shape index (κ1) is 13.2. The normalized spacial score (nSPS) is 14.6. The maximum absolute atomic E-state index is 12.9. The number of para-hydroxylation sites is 1. The van der Waals surface area contributed by atoms with Gasteiger partial charge < -0.3 is 9.31 Å². The zero-order valence-electron chi connectivity index (χ0n) is 11.8. The second-order valence-electron chi connectivity index (χ2n) is 5.04. The third-order valence-electron chi connectivity index (χ3n) is 3.65. The summed E-state index contributed by atoms with van der Waals surface area (Å²) >= 11 is 0. The molecule has 3 aromatic rings. The number of hydrogen-bond acceptors (Lipinski definition) is 4. The highest BCUT2D eigenvalue weighted by Crippen LogP contribution is 2.20. The van der Waals surface area contributed by atoms with Crippen LogP contribution in [0.5, 0.6) is 0 Å². The van der Waals surface area contributed by atoms with Gasteiger partial charge in [-0.25, -0.2) is 4.98 Å². The molecule has 0 aliphatic carbocycles. The van der Waals surface area contributed by atoms with E-state index < -0.39 is 7.25 Å². The van der Waals surface area contributed by atoms with E-state index in [1.54, 1.807) is 6.07 Å². The van der Waals surface area contributed by atoms with E-state index in [0.717, 1.165) is 5.56 Å². The molecule has 1 aliphatic heterocycles. The topological polar surface area (TPSA) is 53.4 Å². The van der Waals surface area contributed by atoms with Crippen LogP contribution in [-0.2, 0) is 9.31 Å². The average Bonchev–Trinajstić information content (AvgIpc) is 3.10. The van der Waals surface area contributed by atoms with E-state index in [-0.39, 0.29) is 5.56 Å². The molecule has 5 nitrogen and oxygen atoms in total. The number of hydrogen-bond donors (Lipinski definition) is 0. The van der Waals surface area contributed by atoms with Crippen LogP contribution in [-0.4, -0.2) is 29.9 Å². The first-order valence-electron chi connectivity index (χ1n) is 7.14. The summed E-state index contributed by atoms with van der Waals surface area (Å²) in [5.41, 5.74) is 1.36. The summed E-state index contributed by atoms with van der Waals surface area (Å²) in [6.45, 7) is 0.941. The molecule has 1 fully saturated rings. The Morgan fingerprint density at radius 2 is 1.64 bits per heavy atom. The van der Waals surface area contributed by atoms with E-state index in [9.17, 15) is 4.79 Å². The van der Waals surface area contributed by atoms with Gasteiger partial charge >= 0.3 is 7.25 Å². The Balaban J connectivity index is 2.04. The predicted molar refractivity (Wildman–Crippen MR) is 84.5 cm³/mol. The van der Waals surface area contributed by atoms with Gasteiger partial charge in [-0.05, 0) is 12.1 Å². The summed E-state index contributed by atoms with van der Waals surface area (Å²) in [4.78, 5) is 17.5.